The van der Waals surface area contributed by atoms with Crippen LogP contribution in [-0.4, -0.2) is 25.2 Å². The van der Waals surface area contributed by atoms with E-state index in [-0.39, 0.29) is 5.69 Å². The Morgan fingerprint density at radius 1 is 1.26 bits per heavy atom. The molecule has 0 spiro atoms. The first-order valence-corrected chi connectivity index (χ1v) is 7.89. The number of benzene rings is 1. The third-order valence-electron chi connectivity index (χ3n) is 3.49. The topological polar surface area (TPSA) is 29.5 Å². The SMILES string of the molecule is O=C(c1cc2c(s1)CCOC2)N(CC(F)(F)F)c1ccccc1. The van der Waals surface area contributed by atoms with Crippen molar-refractivity contribution < 1.29 is 22.7 Å². The van der Waals surface area contributed by atoms with E-state index in [9.17, 15) is 18.0 Å². The van der Waals surface area contributed by atoms with Crippen LogP contribution in [0.4, 0.5) is 18.9 Å². The van der Waals surface area contributed by atoms with Crippen LogP contribution < -0.4 is 4.90 Å². The Morgan fingerprint density at radius 2 is 2.00 bits per heavy atom. The summed E-state index contributed by atoms with van der Waals surface area (Å²) < 4.78 is 44.0. The second-order valence-corrected chi connectivity index (χ2v) is 6.34. The third-order valence-corrected chi connectivity index (χ3v) is 4.71. The lowest BCUT2D eigenvalue weighted by atomic mass is 10.2. The van der Waals surface area contributed by atoms with Gasteiger partial charge in [-0.15, -0.1) is 11.3 Å². The fraction of sp³-hybridized carbons (Fsp3) is 0.312. The Balaban J connectivity index is 1.92. The monoisotopic (exact) mass is 341 g/mol. The van der Waals surface area contributed by atoms with Crippen LogP contribution in [0.1, 0.15) is 20.1 Å². The minimum atomic E-state index is -4.47. The number of thiophene rings is 1. The number of ether oxygens (including phenoxy) is 1. The number of carbonyl (C=O) groups is 1. The number of anilines is 1. The van der Waals surface area contributed by atoms with Crippen LogP contribution in [0, 0.1) is 0 Å². The first-order chi connectivity index (χ1) is 10.9. The van der Waals surface area contributed by atoms with Crippen molar-refractivity contribution in [2.24, 2.45) is 0 Å². The van der Waals surface area contributed by atoms with E-state index in [1.165, 1.54) is 23.5 Å². The fourth-order valence-electron chi connectivity index (χ4n) is 2.45. The molecule has 0 saturated carbocycles. The molecular formula is C16H14F3NO2S. The molecule has 1 aliphatic rings. The van der Waals surface area contributed by atoms with Crippen molar-refractivity contribution in [1.29, 1.82) is 0 Å². The lowest BCUT2D eigenvalue weighted by molar-refractivity contribution is -0.118. The number of fused-ring (bicyclic) bond motifs is 1. The summed E-state index contributed by atoms with van der Waals surface area (Å²) in [5, 5.41) is 0. The number of nitrogens with zero attached hydrogens (tertiary/aromatic N) is 1. The van der Waals surface area contributed by atoms with Gasteiger partial charge in [0.15, 0.2) is 0 Å². The van der Waals surface area contributed by atoms with Crippen LogP contribution in [0.25, 0.3) is 0 Å². The molecule has 1 aliphatic heterocycles. The summed E-state index contributed by atoms with van der Waals surface area (Å²) in [7, 11) is 0. The van der Waals surface area contributed by atoms with Crippen LogP contribution in [0.2, 0.25) is 0 Å². The normalized spacial score (nSPS) is 14.4. The molecule has 1 aromatic heterocycles. The van der Waals surface area contributed by atoms with Gasteiger partial charge in [-0.3, -0.25) is 9.69 Å². The molecule has 0 radical (unpaired) electrons. The van der Waals surface area contributed by atoms with Crippen molar-refractivity contribution in [3.05, 3.63) is 51.7 Å². The van der Waals surface area contributed by atoms with Crippen molar-refractivity contribution in [2.75, 3.05) is 18.1 Å². The molecule has 0 unspecified atom stereocenters. The Labute approximate surface area is 135 Å². The van der Waals surface area contributed by atoms with Gasteiger partial charge in [-0.05, 0) is 23.8 Å². The minimum Gasteiger partial charge on any atom is -0.376 e. The first kappa shape index (κ1) is 16.0. The van der Waals surface area contributed by atoms with E-state index in [0.717, 1.165) is 15.3 Å². The van der Waals surface area contributed by atoms with Crippen LogP contribution in [0.3, 0.4) is 0 Å². The summed E-state index contributed by atoms with van der Waals surface area (Å²) in [5.74, 6) is -0.632. The summed E-state index contributed by atoms with van der Waals surface area (Å²) in [5.41, 5.74) is 1.13. The van der Waals surface area contributed by atoms with Crippen molar-refractivity contribution >= 4 is 22.9 Å². The summed E-state index contributed by atoms with van der Waals surface area (Å²) in [6.07, 6.45) is -3.77. The standard InChI is InChI=1S/C16H14F3NO2S/c17-16(18,19)10-20(12-4-2-1-3-5-12)15(21)14-8-11-9-22-7-6-13(11)23-14/h1-5,8H,6-7,9-10H2. The largest absolute Gasteiger partial charge is 0.406 e. The second kappa shape index (κ2) is 6.33. The van der Waals surface area contributed by atoms with Gasteiger partial charge in [0, 0.05) is 17.0 Å². The van der Waals surface area contributed by atoms with E-state index in [0.29, 0.717) is 24.5 Å². The van der Waals surface area contributed by atoms with Gasteiger partial charge < -0.3 is 4.74 Å². The summed E-state index contributed by atoms with van der Waals surface area (Å²) in [6, 6.07) is 9.56. The van der Waals surface area contributed by atoms with E-state index in [2.05, 4.69) is 0 Å². The van der Waals surface area contributed by atoms with Gasteiger partial charge in [0.1, 0.15) is 6.54 Å². The first-order valence-electron chi connectivity index (χ1n) is 7.07. The van der Waals surface area contributed by atoms with Crippen molar-refractivity contribution in [2.45, 2.75) is 19.2 Å². The lowest BCUT2D eigenvalue weighted by Crippen LogP contribution is -2.38. The Morgan fingerprint density at radius 3 is 2.65 bits per heavy atom. The van der Waals surface area contributed by atoms with Crippen LogP contribution in [0.15, 0.2) is 36.4 Å². The molecular weight excluding hydrogens is 327 g/mol. The fourth-order valence-corrected chi connectivity index (χ4v) is 3.55. The minimum absolute atomic E-state index is 0.234. The zero-order chi connectivity index (χ0) is 16.4. The number of halogens is 3. The predicted octanol–water partition coefficient (Wildman–Crippen LogP) is 4.03. The zero-order valence-electron chi connectivity index (χ0n) is 12.1. The average molecular weight is 341 g/mol. The number of rotatable bonds is 3. The quantitative estimate of drug-likeness (QED) is 0.844. The van der Waals surface area contributed by atoms with Gasteiger partial charge in [-0.25, -0.2) is 0 Å². The molecule has 3 rings (SSSR count). The van der Waals surface area contributed by atoms with E-state index in [4.69, 9.17) is 4.74 Å². The zero-order valence-corrected chi connectivity index (χ0v) is 12.9. The summed E-state index contributed by atoms with van der Waals surface area (Å²) in [4.78, 5) is 14.7. The molecule has 2 aromatic rings. The van der Waals surface area contributed by atoms with Gasteiger partial charge >= 0.3 is 6.18 Å². The number of alkyl halides is 3. The molecule has 0 bridgehead atoms. The highest BCUT2D eigenvalue weighted by Gasteiger charge is 2.35. The van der Waals surface area contributed by atoms with Crippen LogP contribution in [0.5, 0.6) is 0 Å². The molecule has 0 aliphatic carbocycles. The van der Waals surface area contributed by atoms with E-state index in [1.807, 2.05) is 0 Å². The smallest absolute Gasteiger partial charge is 0.376 e. The molecule has 23 heavy (non-hydrogen) atoms. The van der Waals surface area contributed by atoms with Gasteiger partial charge in [-0.1, -0.05) is 18.2 Å². The molecule has 7 heteroatoms. The van der Waals surface area contributed by atoms with Crippen molar-refractivity contribution in [3.8, 4) is 0 Å². The number of para-hydroxylation sites is 1. The summed E-state index contributed by atoms with van der Waals surface area (Å²) >= 11 is 1.25. The Hall–Kier alpha value is -1.86. The maximum absolute atomic E-state index is 12.9. The molecule has 0 fully saturated rings. The van der Waals surface area contributed by atoms with Gasteiger partial charge in [0.2, 0.25) is 0 Å². The molecule has 0 atom stereocenters. The van der Waals surface area contributed by atoms with Crippen molar-refractivity contribution in [1.82, 2.24) is 0 Å². The molecule has 1 aromatic carbocycles. The molecule has 0 saturated heterocycles. The number of hydrogen-bond acceptors (Lipinski definition) is 3. The Bertz CT molecular complexity index is 674. The third kappa shape index (κ3) is 3.73. The van der Waals surface area contributed by atoms with Gasteiger partial charge in [-0.2, -0.15) is 13.2 Å². The number of hydrogen-bond donors (Lipinski definition) is 0. The lowest BCUT2D eigenvalue weighted by Gasteiger charge is -2.23. The second-order valence-electron chi connectivity index (χ2n) is 5.20. The summed E-state index contributed by atoms with van der Waals surface area (Å²) in [6.45, 7) is -0.329. The van der Waals surface area contributed by atoms with E-state index < -0.39 is 18.6 Å². The number of amides is 1. The van der Waals surface area contributed by atoms with Crippen LogP contribution >= 0.6 is 11.3 Å². The average Bonchev–Trinajstić information content (AvgIpc) is 2.96. The highest BCUT2D eigenvalue weighted by atomic mass is 32.1. The highest BCUT2D eigenvalue weighted by molar-refractivity contribution is 7.14. The molecule has 3 nitrogen and oxygen atoms in total. The molecule has 2 heterocycles. The van der Waals surface area contributed by atoms with E-state index in [1.54, 1.807) is 24.3 Å². The molecule has 122 valence electrons. The Kier molecular flexibility index (Phi) is 4.41. The van der Waals surface area contributed by atoms with E-state index >= 15 is 0 Å². The number of carbonyl (C=O) groups excluding carboxylic acids is 1. The maximum Gasteiger partial charge on any atom is 0.406 e. The highest BCUT2D eigenvalue weighted by Crippen LogP contribution is 2.30. The molecule has 0 N–H and O–H groups in total. The van der Waals surface area contributed by atoms with Crippen LogP contribution in [-0.2, 0) is 17.8 Å². The maximum atomic E-state index is 12.9. The molecule has 1 amide bonds. The van der Waals surface area contributed by atoms with Gasteiger partial charge in [0.25, 0.3) is 5.91 Å². The predicted molar refractivity (Wildman–Crippen MR) is 81.9 cm³/mol. The van der Waals surface area contributed by atoms with Crippen molar-refractivity contribution in [3.63, 3.8) is 0 Å². The van der Waals surface area contributed by atoms with Gasteiger partial charge in [0.05, 0.1) is 18.1 Å².